The molecule has 7 rings (SSSR count). The zero-order valence-electron chi connectivity index (χ0n) is 26.2. The summed E-state index contributed by atoms with van der Waals surface area (Å²) in [6.45, 7) is -0.117. The number of aliphatic hydroxyl groups excluding tert-OH is 1. The molecule has 2 atom stereocenters. The zero-order valence-corrected chi connectivity index (χ0v) is 27.8. The summed E-state index contributed by atoms with van der Waals surface area (Å²) < 4.78 is 0. The monoisotopic (exact) mass is 695 g/mol. The van der Waals surface area contributed by atoms with Crippen LogP contribution >= 0.6 is 23.1 Å². The molecular weight excluding hydrogens is 663 g/mol. The summed E-state index contributed by atoms with van der Waals surface area (Å²) in [7, 11) is 0. The van der Waals surface area contributed by atoms with Crippen LogP contribution in [0.5, 0.6) is 0 Å². The molecule has 0 spiro atoms. The van der Waals surface area contributed by atoms with Gasteiger partial charge >= 0.3 is 5.97 Å². The van der Waals surface area contributed by atoms with Crippen LogP contribution in [0.2, 0.25) is 0 Å². The van der Waals surface area contributed by atoms with E-state index in [0.717, 1.165) is 34.4 Å². The number of nitrogens with zero attached hydrogens (tertiary/aromatic N) is 3. The van der Waals surface area contributed by atoms with Crippen molar-refractivity contribution in [2.45, 2.75) is 29.8 Å². The average molecular weight is 696 g/mol. The van der Waals surface area contributed by atoms with Crippen LogP contribution in [0.15, 0.2) is 113 Å². The summed E-state index contributed by atoms with van der Waals surface area (Å²) in [6, 6.07) is 29.2. The van der Waals surface area contributed by atoms with Crippen LogP contribution < -0.4 is 10.6 Å². The van der Waals surface area contributed by atoms with E-state index in [1.807, 2.05) is 54.6 Å². The number of hydrogen-bond acceptors (Lipinski definition) is 10. The largest absolute Gasteiger partial charge is 0.477 e. The number of rotatable bonds is 13. The van der Waals surface area contributed by atoms with Crippen LogP contribution in [-0.2, 0) is 24.8 Å². The van der Waals surface area contributed by atoms with Gasteiger partial charge in [0, 0.05) is 11.1 Å². The minimum absolute atomic E-state index is 0.0909. The minimum Gasteiger partial charge on any atom is -0.477 e. The first-order valence-corrected chi connectivity index (χ1v) is 17.8. The molecule has 13 heteroatoms. The Balaban J connectivity index is 1.20. The van der Waals surface area contributed by atoms with Gasteiger partial charge in [0.25, 0.3) is 11.8 Å². The van der Waals surface area contributed by atoms with E-state index in [-0.39, 0.29) is 28.4 Å². The third-order valence-corrected chi connectivity index (χ3v) is 10.9. The van der Waals surface area contributed by atoms with Crippen LogP contribution in [0.25, 0.3) is 0 Å². The van der Waals surface area contributed by atoms with E-state index in [9.17, 15) is 24.6 Å². The molecule has 3 heterocycles. The molecule has 1 saturated heterocycles. The number of amides is 2. The molecule has 3 aliphatic rings. The number of hydrogen-bond donors (Lipinski definition) is 4. The number of carboxylic acids is 1. The van der Waals surface area contributed by atoms with Gasteiger partial charge in [-0.1, -0.05) is 96.2 Å². The SMILES string of the molecule is O=C(O)C1=C(CO)CS[C@@H]2[C@H](NC(=O)C(=NOCC3CC3)c3csc(NC(c4ccccc4)(c4ccccc4)c4ccccc4)n3)C(=O)N12. The second kappa shape index (κ2) is 13.9. The van der Waals surface area contributed by atoms with Gasteiger partial charge in [-0.05, 0) is 41.0 Å². The molecule has 2 fully saturated rings. The fraction of sp³-hybridized carbons (Fsp3) is 0.250. The highest BCUT2D eigenvalue weighted by Gasteiger charge is 2.54. The lowest BCUT2D eigenvalue weighted by molar-refractivity contribution is -0.150. The summed E-state index contributed by atoms with van der Waals surface area (Å²) in [5.74, 6) is -1.95. The molecule has 2 amide bonds. The Morgan fingerprint density at radius 3 is 2.08 bits per heavy atom. The Morgan fingerprint density at radius 1 is 0.959 bits per heavy atom. The molecule has 49 heavy (non-hydrogen) atoms. The first kappa shape index (κ1) is 32.6. The Bertz CT molecular complexity index is 1820. The van der Waals surface area contributed by atoms with Gasteiger partial charge in [-0.25, -0.2) is 9.78 Å². The van der Waals surface area contributed by atoms with Crippen molar-refractivity contribution in [2.75, 3.05) is 24.3 Å². The maximum Gasteiger partial charge on any atom is 0.352 e. The summed E-state index contributed by atoms with van der Waals surface area (Å²) in [5.41, 5.74) is 2.30. The predicted molar refractivity (Wildman–Crippen MR) is 187 cm³/mol. The average Bonchev–Trinajstić information content (AvgIpc) is 3.86. The molecular formula is C36H33N5O6S2. The smallest absolute Gasteiger partial charge is 0.352 e. The number of thioether (sulfide) groups is 1. The van der Waals surface area contributed by atoms with E-state index in [4.69, 9.17) is 9.82 Å². The molecule has 250 valence electrons. The number of benzene rings is 3. The fourth-order valence-corrected chi connectivity index (χ4v) is 8.18. The molecule has 4 aromatic rings. The summed E-state index contributed by atoms with van der Waals surface area (Å²) in [5, 5.41) is 31.7. The molecule has 2 aliphatic heterocycles. The Morgan fingerprint density at radius 2 is 1.55 bits per heavy atom. The number of anilines is 1. The highest BCUT2D eigenvalue weighted by molar-refractivity contribution is 8.00. The minimum atomic E-state index is -1.30. The standard InChI is InChI=1S/C36H33N5O6S2/c42-18-23-20-48-33-29(32(44)41(33)30(23)34(45)46)38-31(43)28(40-47-19-22-16-17-22)27-21-49-35(37-27)39-36(24-10-4-1-5-11-24,25-12-6-2-7-13-25)26-14-8-3-9-15-26/h1-15,21-22,29,33,42H,16-20H2,(H,37,39)(H,38,43)(H,45,46)/t29-,33-/m1/s1. The van der Waals surface area contributed by atoms with E-state index in [1.54, 1.807) is 5.38 Å². The lowest BCUT2D eigenvalue weighted by Gasteiger charge is -2.49. The van der Waals surface area contributed by atoms with Crippen molar-refractivity contribution in [3.05, 3.63) is 130 Å². The lowest BCUT2D eigenvalue weighted by atomic mass is 9.77. The van der Waals surface area contributed by atoms with Gasteiger partial charge in [0.15, 0.2) is 10.8 Å². The van der Waals surface area contributed by atoms with Crippen molar-refractivity contribution < 1.29 is 29.4 Å². The number of aromatic nitrogens is 1. The number of β-lactam (4-membered cyclic amide) rings is 1. The molecule has 3 aromatic carbocycles. The van der Waals surface area contributed by atoms with Gasteiger partial charge in [-0.15, -0.1) is 23.1 Å². The molecule has 1 aromatic heterocycles. The second-order valence-corrected chi connectivity index (χ2v) is 13.9. The van der Waals surface area contributed by atoms with Gasteiger partial charge in [-0.3, -0.25) is 14.5 Å². The Hall–Kier alpha value is -4.98. The van der Waals surface area contributed by atoms with Crippen LogP contribution in [-0.4, -0.2) is 74.0 Å². The predicted octanol–water partition coefficient (Wildman–Crippen LogP) is 4.41. The van der Waals surface area contributed by atoms with E-state index in [2.05, 4.69) is 52.2 Å². The number of fused-ring (bicyclic) bond motifs is 1. The quantitative estimate of drug-likeness (QED) is 0.0690. The number of thiazole rings is 1. The fourth-order valence-electron chi connectivity index (χ4n) is 6.09. The number of nitrogens with one attached hydrogen (secondary N) is 2. The maximum absolute atomic E-state index is 13.8. The third kappa shape index (κ3) is 6.32. The zero-order chi connectivity index (χ0) is 34.0. The van der Waals surface area contributed by atoms with Gasteiger partial charge < -0.3 is 25.7 Å². The maximum atomic E-state index is 13.8. The van der Waals surface area contributed by atoms with Crippen LogP contribution in [0, 0.1) is 5.92 Å². The van der Waals surface area contributed by atoms with E-state index < -0.39 is 41.3 Å². The number of aliphatic hydroxyl groups is 1. The van der Waals surface area contributed by atoms with Crippen molar-refractivity contribution >= 4 is 51.7 Å². The van der Waals surface area contributed by atoms with Crippen molar-refractivity contribution in [3.63, 3.8) is 0 Å². The second-order valence-electron chi connectivity index (χ2n) is 12.0. The first-order chi connectivity index (χ1) is 23.9. The molecule has 1 aliphatic carbocycles. The van der Waals surface area contributed by atoms with Crippen molar-refractivity contribution in [1.82, 2.24) is 15.2 Å². The Labute approximate surface area is 290 Å². The number of carbonyl (C=O) groups excluding carboxylic acids is 2. The number of oxime groups is 1. The van der Waals surface area contributed by atoms with Gasteiger partial charge in [0.05, 0.1) is 6.61 Å². The summed E-state index contributed by atoms with van der Waals surface area (Å²) in [4.78, 5) is 50.5. The number of aliphatic carboxylic acids is 1. The molecule has 11 nitrogen and oxygen atoms in total. The Kier molecular flexibility index (Phi) is 9.21. The number of carbonyl (C=O) groups is 3. The van der Waals surface area contributed by atoms with Crippen LogP contribution in [0.4, 0.5) is 5.13 Å². The molecule has 0 radical (unpaired) electrons. The molecule has 0 bridgehead atoms. The van der Waals surface area contributed by atoms with Gasteiger partial charge in [-0.2, -0.15) is 0 Å². The molecule has 4 N–H and O–H groups in total. The van der Waals surface area contributed by atoms with Crippen LogP contribution in [0.1, 0.15) is 35.2 Å². The van der Waals surface area contributed by atoms with Gasteiger partial charge in [0.2, 0.25) is 0 Å². The highest BCUT2D eigenvalue weighted by Crippen LogP contribution is 2.42. The summed E-state index contributed by atoms with van der Waals surface area (Å²) >= 11 is 2.59. The number of carboxylic acid groups (broad SMARTS) is 1. The van der Waals surface area contributed by atoms with Crippen molar-refractivity contribution in [3.8, 4) is 0 Å². The normalized spacial score (nSPS) is 19.2. The van der Waals surface area contributed by atoms with E-state index >= 15 is 0 Å². The van der Waals surface area contributed by atoms with Gasteiger partial charge in [0.1, 0.15) is 35.0 Å². The van der Waals surface area contributed by atoms with Crippen molar-refractivity contribution in [1.29, 1.82) is 0 Å². The van der Waals surface area contributed by atoms with E-state index in [1.165, 1.54) is 23.1 Å². The topological polar surface area (TPSA) is 153 Å². The molecule has 0 unspecified atom stereocenters. The first-order valence-electron chi connectivity index (χ1n) is 15.8. The lowest BCUT2D eigenvalue weighted by Crippen LogP contribution is -2.71. The summed E-state index contributed by atoms with van der Waals surface area (Å²) in [6.07, 6.45) is 2.06. The molecule has 1 saturated carbocycles. The van der Waals surface area contributed by atoms with Crippen LogP contribution in [0.3, 0.4) is 0 Å². The van der Waals surface area contributed by atoms with E-state index in [0.29, 0.717) is 17.7 Å². The third-order valence-electron chi connectivity index (χ3n) is 8.77. The van der Waals surface area contributed by atoms with Crippen molar-refractivity contribution in [2.24, 2.45) is 11.1 Å². The highest BCUT2D eigenvalue weighted by atomic mass is 32.2.